The van der Waals surface area contributed by atoms with E-state index in [4.69, 9.17) is 0 Å². The van der Waals surface area contributed by atoms with Crippen molar-refractivity contribution < 1.29 is 26.3 Å². The molecule has 3 rings (SSSR count). The summed E-state index contributed by atoms with van der Waals surface area (Å²) in [6.07, 6.45) is -7.73. The van der Waals surface area contributed by atoms with E-state index in [0.29, 0.717) is 16.3 Å². The molecule has 2 aromatic heterocycles. The molecule has 0 amide bonds. The van der Waals surface area contributed by atoms with Gasteiger partial charge in [-0.15, -0.1) is 11.3 Å². The lowest BCUT2D eigenvalue weighted by Gasteiger charge is -2.06. The van der Waals surface area contributed by atoms with E-state index in [1.54, 1.807) is 5.38 Å². The summed E-state index contributed by atoms with van der Waals surface area (Å²) in [5.41, 5.74) is -0.785. The van der Waals surface area contributed by atoms with E-state index in [1.807, 2.05) is 0 Å². The molecule has 3 nitrogen and oxygen atoms in total. The molecule has 0 spiro atoms. The van der Waals surface area contributed by atoms with Crippen molar-refractivity contribution in [3.8, 4) is 10.6 Å². The summed E-state index contributed by atoms with van der Waals surface area (Å²) in [4.78, 5) is 4.23. The third-order valence-corrected chi connectivity index (χ3v) is 4.21. The minimum Gasteiger partial charge on any atom is -0.266 e. The highest BCUT2D eigenvalue weighted by Crippen LogP contribution is 2.32. The second kappa shape index (κ2) is 6.17. The number of rotatable bonds is 3. The summed E-state index contributed by atoms with van der Waals surface area (Å²) >= 11 is 1.19. The molecule has 0 aliphatic rings. The fourth-order valence-corrected chi connectivity index (χ4v) is 2.90. The third kappa shape index (κ3) is 4.01. The topological polar surface area (TPSA) is 30.7 Å². The zero-order chi connectivity index (χ0) is 18.2. The van der Waals surface area contributed by atoms with Crippen molar-refractivity contribution >= 4 is 11.3 Å². The number of hydrogen-bond acceptors (Lipinski definition) is 3. The Bertz CT molecular complexity index is 861. The van der Waals surface area contributed by atoms with Crippen molar-refractivity contribution in [1.29, 1.82) is 0 Å². The highest BCUT2D eigenvalue weighted by molar-refractivity contribution is 7.13. The van der Waals surface area contributed by atoms with Crippen LogP contribution < -0.4 is 0 Å². The van der Waals surface area contributed by atoms with Gasteiger partial charge in [0.15, 0.2) is 5.69 Å². The minimum absolute atomic E-state index is 0.0349. The van der Waals surface area contributed by atoms with Crippen LogP contribution in [0.5, 0.6) is 0 Å². The highest BCUT2D eigenvalue weighted by atomic mass is 32.1. The number of hydrogen-bond donors (Lipinski definition) is 0. The van der Waals surface area contributed by atoms with Crippen LogP contribution in [0.15, 0.2) is 41.9 Å². The van der Waals surface area contributed by atoms with Crippen molar-refractivity contribution in [3.63, 3.8) is 0 Å². The molecule has 3 aromatic rings. The van der Waals surface area contributed by atoms with Crippen molar-refractivity contribution in [3.05, 3.63) is 58.9 Å². The maximum atomic E-state index is 12.6. The Balaban J connectivity index is 1.75. The van der Waals surface area contributed by atoms with E-state index >= 15 is 0 Å². The second-order valence-electron chi connectivity index (χ2n) is 5.12. The lowest BCUT2D eigenvalue weighted by molar-refractivity contribution is -0.141. The van der Waals surface area contributed by atoms with Gasteiger partial charge in [-0.1, -0.05) is 12.1 Å². The van der Waals surface area contributed by atoms with Gasteiger partial charge in [-0.25, -0.2) is 4.98 Å². The summed E-state index contributed by atoms with van der Waals surface area (Å²) in [6.45, 7) is 0.0349. The largest absolute Gasteiger partial charge is 0.435 e. The van der Waals surface area contributed by atoms with Crippen LogP contribution in [-0.4, -0.2) is 14.8 Å². The molecule has 0 fully saturated rings. The Labute approximate surface area is 141 Å². The standard InChI is InChI=1S/C15H9F6N3S/c16-14(17,18)10-3-1-9(2-4-10)13-22-11(8-25-13)7-24-6-5-12(23-24)15(19,20)21/h1-6,8H,7H2. The van der Waals surface area contributed by atoms with E-state index in [1.165, 1.54) is 29.7 Å². The monoisotopic (exact) mass is 377 g/mol. The molecule has 1 aromatic carbocycles. The number of benzene rings is 1. The average molecular weight is 377 g/mol. The Morgan fingerprint density at radius 1 is 0.920 bits per heavy atom. The molecule has 2 heterocycles. The molecule has 10 heteroatoms. The normalized spacial score (nSPS) is 12.6. The molecular weight excluding hydrogens is 368 g/mol. The van der Waals surface area contributed by atoms with Gasteiger partial charge in [0.2, 0.25) is 0 Å². The lowest BCUT2D eigenvalue weighted by Crippen LogP contribution is -2.08. The van der Waals surface area contributed by atoms with E-state index in [9.17, 15) is 26.3 Å². The molecule has 0 atom stereocenters. The summed E-state index contributed by atoms with van der Waals surface area (Å²) in [7, 11) is 0. The molecule has 0 bridgehead atoms. The molecule has 0 N–H and O–H groups in total. The number of aromatic nitrogens is 3. The highest BCUT2D eigenvalue weighted by Gasteiger charge is 2.33. The molecule has 0 saturated carbocycles. The molecule has 132 valence electrons. The number of alkyl halides is 6. The first kappa shape index (κ1) is 17.5. The zero-order valence-electron chi connectivity index (χ0n) is 12.3. The average Bonchev–Trinajstić information content (AvgIpc) is 3.16. The lowest BCUT2D eigenvalue weighted by atomic mass is 10.1. The zero-order valence-corrected chi connectivity index (χ0v) is 13.1. The quantitative estimate of drug-likeness (QED) is 0.595. The van der Waals surface area contributed by atoms with E-state index in [0.717, 1.165) is 22.9 Å². The molecule has 0 aliphatic carbocycles. The first-order chi connectivity index (χ1) is 11.6. The Hall–Kier alpha value is -2.36. The fraction of sp³-hybridized carbons (Fsp3) is 0.200. The van der Waals surface area contributed by atoms with Gasteiger partial charge in [0.25, 0.3) is 0 Å². The number of thiazole rings is 1. The molecule has 0 radical (unpaired) electrons. The van der Waals surface area contributed by atoms with Gasteiger partial charge in [0, 0.05) is 17.1 Å². The predicted molar refractivity (Wildman–Crippen MR) is 78.9 cm³/mol. The Kier molecular flexibility index (Phi) is 4.31. The maximum Gasteiger partial charge on any atom is 0.435 e. The summed E-state index contributed by atoms with van der Waals surface area (Å²) in [6, 6.07) is 5.39. The summed E-state index contributed by atoms with van der Waals surface area (Å²) in [5, 5.41) is 5.53. The van der Waals surface area contributed by atoms with Crippen molar-refractivity contribution in [2.45, 2.75) is 18.9 Å². The first-order valence-electron chi connectivity index (χ1n) is 6.85. The Morgan fingerprint density at radius 3 is 2.16 bits per heavy atom. The van der Waals surface area contributed by atoms with Crippen LogP contribution in [0.1, 0.15) is 17.0 Å². The van der Waals surface area contributed by atoms with Gasteiger partial charge in [-0.3, -0.25) is 4.68 Å². The maximum absolute atomic E-state index is 12.6. The van der Waals surface area contributed by atoms with Gasteiger partial charge in [-0.05, 0) is 18.2 Å². The van der Waals surface area contributed by atoms with E-state index in [-0.39, 0.29) is 6.54 Å². The van der Waals surface area contributed by atoms with Gasteiger partial charge < -0.3 is 0 Å². The van der Waals surface area contributed by atoms with Gasteiger partial charge in [0.05, 0.1) is 17.8 Å². The van der Waals surface area contributed by atoms with Gasteiger partial charge in [-0.2, -0.15) is 31.4 Å². The van der Waals surface area contributed by atoms with Gasteiger partial charge >= 0.3 is 12.4 Å². The van der Waals surface area contributed by atoms with Crippen molar-refractivity contribution in [2.24, 2.45) is 0 Å². The van der Waals surface area contributed by atoms with Crippen LogP contribution in [0, 0.1) is 0 Å². The first-order valence-corrected chi connectivity index (χ1v) is 7.73. The molecular formula is C15H9F6N3S. The summed E-state index contributed by atoms with van der Waals surface area (Å²) in [5.74, 6) is 0. The fourth-order valence-electron chi connectivity index (χ4n) is 2.08. The molecule has 25 heavy (non-hydrogen) atoms. The Morgan fingerprint density at radius 2 is 1.60 bits per heavy atom. The van der Waals surface area contributed by atoms with Crippen LogP contribution in [0.25, 0.3) is 10.6 Å². The second-order valence-corrected chi connectivity index (χ2v) is 5.97. The van der Waals surface area contributed by atoms with Gasteiger partial charge in [0.1, 0.15) is 5.01 Å². The van der Waals surface area contributed by atoms with Crippen LogP contribution in [0.3, 0.4) is 0 Å². The number of nitrogens with zero attached hydrogens (tertiary/aromatic N) is 3. The molecule has 0 aliphatic heterocycles. The smallest absolute Gasteiger partial charge is 0.266 e. The van der Waals surface area contributed by atoms with E-state index in [2.05, 4.69) is 10.1 Å². The van der Waals surface area contributed by atoms with Crippen LogP contribution in [0.4, 0.5) is 26.3 Å². The SMILES string of the molecule is FC(F)(F)c1ccc(-c2nc(Cn3ccc(C(F)(F)F)n3)cs2)cc1. The minimum atomic E-state index is -4.52. The van der Waals surface area contributed by atoms with Crippen LogP contribution in [0.2, 0.25) is 0 Å². The van der Waals surface area contributed by atoms with Crippen molar-refractivity contribution in [2.75, 3.05) is 0 Å². The third-order valence-electron chi connectivity index (χ3n) is 3.27. The number of halogens is 6. The van der Waals surface area contributed by atoms with Crippen molar-refractivity contribution in [1.82, 2.24) is 14.8 Å². The van der Waals surface area contributed by atoms with E-state index < -0.39 is 23.6 Å². The van der Waals surface area contributed by atoms with Crippen LogP contribution >= 0.6 is 11.3 Å². The molecule has 0 unspecified atom stereocenters. The summed E-state index contributed by atoms with van der Waals surface area (Å²) < 4.78 is 76.3. The predicted octanol–water partition coefficient (Wildman–Crippen LogP) is 5.09. The van der Waals surface area contributed by atoms with Crippen LogP contribution in [-0.2, 0) is 18.9 Å². The molecule has 0 saturated heterocycles.